The SMILES string of the molecule is CO[C@H]1O[C@H](C(=O)O)[C@H](OCc2ccccc2)[C@H](OCc2ccccc2)[C@H]1OCc1ccccc1. The van der Waals surface area contributed by atoms with E-state index in [0.29, 0.717) is 0 Å². The molecular weight excluding hydrogens is 448 g/mol. The first-order valence-corrected chi connectivity index (χ1v) is 11.5. The number of rotatable bonds is 11. The van der Waals surface area contributed by atoms with Gasteiger partial charge in [0.15, 0.2) is 12.4 Å². The average Bonchev–Trinajstić information content (AvgIpc) is 2.91. The third-order valence-electron chi connectivity index (χ3n) is 5.83. The highest BCUT2D eigenvalue weighted by Crippen LogP contribution is 2.31. The number of carbonyl (C=O) groups is 1. The molecule has 1 fully saturated rings. The molecule has 3 aromatic carbocycles. The first-order valence-electron chi connectivity index (χ1n) is 11.5. The fourth-order valence-corrected chi connectivity index (χ4v) is 4.05. The number of methoxy groups -OCH3 is 1. The predicted octanol–water partition coefficient (Wildman–Crippen LogP) is 4.20. The molecule has 1 heterocycles. The van der Waals surface area contributed by atoms with Gasteiger partial charge in [-0.25, -0.2) is 4.79 Å². The molecule has 0 aliphatic carbocycles. The molecule has 1 aliphatic heterocycles. The van der Waals surface area contributed by atoms with Crippen LogP contribution in [-0.4, -0.2) is 48.9 Å². The van der Waals surface area contributed by atoms with Crippen LogP contribution in [0.5, 0.6) is 0 Å². The van der Waals surface area contributed by atoms with E-state index in [-0.39, 0.29) is 19.8 Å². The quantitative estimate of drug-likeness (QED) is 0.442. The van der Waals surface area contributed by atoms with Crippen molar-refractivity contribution in [2.45, 2.75) is 50.5 Å². The number of carboxylic acids is 1. The summed E-state index contributed by atoms with van der Waals surface area (Å²) in [6.45, 7) is 0.737. The van der Waals surface area contributed by atoms with E-state index in [4.69, 9.17) is 23.7 Å². The van der Waals surface area contributed by atoms with Gasteiger partial charge in [0, 0.05) is 7.11 Å². The van der Waals surface area contributed by atoms with Crippen LogP contribution < -0.4 is 0 Å². The fourth-order valence-electron chi connectivity index (χ4n) is 4.05. The molecule has 1 N–H and O–H groups in total. The Morgan fingerprint density at radius 3 is 1.49 bits per heavy atom. The first-order chi connectivity index (χ1) is 17.2. The van der Waals surface area contributed by atoms with Crippen molar-refractivity contribution in [3.63, 3.8) is 0 Å². The average molecular weight is 479 g/mol. The lowest BCUT2D eigenvalue weighted by atomic mass is 9.97. The van der Waals surface area contributed by atoms with Crippen molar-refractivity contribution < 1.29 is 33.6 Å². The third-order valence-corrected chi connectivity index (χ3v) is 5.83. The zero-order valence-corrected chi connectivity index (χ0v) is 19.6. The van der Waals surface area contributed by atoms with E-state index < -0.39 is 36.7 Å². The smallest absolute Gasteiger partial charge is 0.335 e. The van der Waals surface area contributed by atoms with Gasteiger partial charge >= 0.3 is 5.97 Å². The standard InChI is InChI=1S/C28H30O7/c1-31-28-26(34-19-22-15-9-4-10-16-22)24(33-18-21-13-7-3-8-14-21)23(25(35-28)27(29)30)32-17-20-11-5-2-6-12-20/h2-16,23-26,28H,17-19H2,1H3,(H,29,30)/t23-,24+,25+,26-,28+/m1/s1. The highest BCUT2D eigenvalue weighted by molar-refractivity contribution is 5.73. The lowest BCUT2D eigenvalue weighted by Crippen LogP contribution is -2.62. The zero-order valence-electron chi connectivity index (χ0n) is 19.6. The van der Waals surface area contributed by atoms with Crippen molar-refractivity contribution in [3.8, 4) is 0 Å². The molecule has 0 unspecified atom stereocenters. The van der Waals surface area contributed by atoms with E-state index in [0.717, 1.165) is 16.7 Å². The van der Waals surface area contributed by atoms with Crippen molar-refractivity contribution in [1.82, 2.24) is 0 Å². The monoisotopic (exact) mass is 478 g/mol. The summed E-state index contributed by atoms with van der Waals surface area (Å²) < 4.78 is 30.0. The number of benzene rings is 3. The van der Waals surface area contributed by atoms with Gasteiger partial charge in [-0.05, 0) is 16.7 Å². The van der Waals surface area contributed by atoms with Gasteiger partial charge < -0.3 is 28.8 Å². The first kappa shape index (κ1) is 25.0. The largest absolute Gasteiger partial charge is 0.479 e. The lowest BCUT2D eigenvalue weighted by Gasteiger charge is -2.44. The Morgan fingerprint density at radius 2 is 1.09 bits per heavy atom. The second-order valence-electron chi connectivity index (χ2n) is 8.28. The van der Waals surface area contributed by atoms with E-state index in [1.54, 1.807) is 0 Å². The molecule has 3 aromatic rings. The number of ether oxygens (including phenoxy) is 5. The molecule has 7 nitrogen and oxygen atoms in total. The van der Waals surface area contributed by atoms with Crippen LogP contribution in [0.1, 0.15) is 16.7 Å². The Labute approximate surface area is 205 Å². The molecule has 0 spiro atoms. The fraction of sp³-hybridized carbons (Fsp3) is 0.321. The minimum atomic E-state index is -1.29. The van der Waals surface area contributed by atoms with Crippen molar-refractivity contribution >= 4 is 5.97 Å². The summed E-state index contributed by atoms with van der Waals surface area (Å²) in [7, 11) is 1.46. The Bertz CT molecular complexity index is 1030. The molecule has 1 saturated heterocycles. The molecule has 0 bridgehead atoms. The van der Waals surface area contributed by atoms with Crippen molar-refractivity contribution in [1.29, 1.82) is 0 Å². The third kappa shape index (κ3) is 6.75. The Hall–Kier alpha value is -3.07. The molecule has 4 rings (SSSR count). The zero-order chi connectivity index (χ0) is 24.5. The summed E-state index contributed by atoms with van der Waals surface area (Å²) in [5, 5.41) is 9.96. The molecule has 0 amide bonds. The lowest BCUT2D eigenvalue weighted by molar-refractivity contribution is -0.314. The van der Waals surface area contributed by atoms with Crippen LogP contribution in [0.4, 0.5) is 0 Å². The van der Waals surface area contributed by atoms with E-state index in [1.165, 1.54) is 7.11 Å². The van der Waals surface area contributed by atoms with Crippen molar-refractivity contribution in [2.24, 2.45) is 0 Å². The molecular formula is C28H30O7. The molecule has 5 atom stereocenters. The van der Waals surface area contributed by atoms with Crippen LogP contribution in [0.25, 0.3) is 0 Å². The van der Waals surface area contributed by atoms with Gasteiger partial charge in [0.1, 0.15) is 18.3 Å². The highest BCUT2D eigenvalue weighted by Gasteiger charge is 2.51. The van der Waals surface area contributed by atoms with Crippen LogP contribution in [-0.2, 0) is 48.3 Å². The summed E-state index contributed by atoms with van der Waals surface area (Å²) in [5.74, 6) is -1.15. The normalized spacial score (nSPS) is 24.2. The number of hydrogen-bond acceptors (Lipinski definition) is 6. The Morgan fingerprint density at radius 1 is 0.686 bits per heavy atom. The molecule has 0 saturated carbocycles. The molecule has 1 aliphatic rings. The van der Waals surface area contributed by atoms with Gasteiger partial charge in [-0.2, -0.15) is 0 Å². The number of aliphatic carboxylic acids is 1. The second kappa shape index (κ2) is 12.6. The topological polar surface area (TPSA) is 83.5 Å². The molecule has 0 radical (unpaired) electrons. The van der Waals surface area contributed by atoms with Crippen LogP contribution in [0.2, 0.25) is 0 Å². The predicted molar refractivity (Wildman–Crippen MR) is 128 cm³/mol. The van der Waals surface area contributed by atoms with Gasteiger partial charge in [-0.1, -0.05) is 91.0 Å². The second-order valence-corrected chi connectivity index (χ2v) is 8.28. The molecule has 0 aromatic heterocycles. The summed E-state index contributed by atoms with van der Waals surface area (Å²) in [6, 6.07) is 28.9. The van der Waals surface area contributed by atoms with Crippen LogP contribution in [0.3, 0.4) is 0 Å². The van der Waals surface area contributed by atoms with E-state index in [2.05, 4.69) is 0 Å². The maximum absolute atomic E-state index is 12.2. The Balaban J connectivity index is 1.60. The Kier molecular flexibility index (Phi) is 9.00. The summed E-state index contributed by atoms with van der Waals surface area (Å²) in [5.41, 5.74) is 2.82. The van der Waals surface area contributed by atoms with Gasteiger partial charge in [-0.15, -0.1) is 0 Å². The minimum absolute atomic E-state index is 0.201. The summed E-state index contributed by atoms with van der Waals surface area (Å²) in [6.07, 6.45) is -4.65. The summed E-state index contributed by atoms with van der Waals surface area (Å²) in [4.78, 5) is 12.2. The highest BCUT2D eigenvalue weighted by atomic mass is 16.7. The minimum Gasteiger partial charge on any atom is -0.479 e. The van der Waals surface area contributed by atoms with Gasteiger partial charge in [0.25, 0.3) is 0 Å². The summed E-state index contributed by atoms with van der Waals surface area (Å²) >= 11 is 0. The van der Waals surface area contributed by atoms with Crippen LogP contribution >= 0.6 is 0 Å². The number of hydrogen-bond donors (Lipinski definition) is 1. The molecule has 7 heteroatoms. The van der Waals surface area contributed by atoms with Gasteiger partial charge in [0.2, 0.25) is 0 Å². The van der Waals surface area contributed by atoms with Gasteiger partial charge in [0.05, 0.1) is 19.8 Å². The number of carboxylic acid groups (broad SMARTS) is 1. The maximum atomic E-state index is 12.2. The van der Waals surface area contributed by atoms with E-state index >= 15 is 0 Å². The van der Waals surface area contributed by atoms with Gasteiger partial charge in [-0.3, -0.25) is 0 Å². The molecule has 35 heavy (non-hydrogen) atoms. The maximum Gasteiger partial charge on any atom is 0.335 e. The van der Waals surface area contributed by atoms with E-state index in [1.807, 2.05) is 91.0 Å². The van der Waals surface area contributed by atoms with Crippen LogP contribution in [0.15, 0.2) is 91.0 Å². The molecule has 184 valence electrons. The van der Waals surface area contributed by atoms with Crippen molar-refractivity contribution in [3.05, 3.63) is 108 Å². The van der Waals surface area contributed by atoms with Crippen molar-refractivity contribution in [2.75, 3.05) is 7.11 Å². The van der Waals surface area contributed by atoms with E-state index in [9.17, 15) is 9.90 Å². The van der Waals surface area contributed by atoms with Crippen LogP contribution in [0, 0.1) is 0 Å².